The van der Waals surface area contributed by atoms with E-state index in [9.17, 15) is 13.2 Å². The van der Waals surface area contributed by atoms with Gasteiger partial charge in [-0.05, 0) is 38.4 Å². The number of carboxylic acid groups (broad SMARTS) is 1. The van der Waals surface area contributed by atoms with E-state index in [-0.39, 0.29) is 15.8 Å². The lowest BCUT2D eigenvalue weighted by atomic mass is 10.1. The Hall–Kier alpha value is -0.960. The number of carboxylic acids is 1. The van der Waals surface area contributed by atoms with E-state index in [1.54, 1.807) is 4.31 Å². The zero-order valence-corrected chi connectivity index (χ0v) is 13.5. The molecule has 0 radical (unpaired) electrons. The average molecular weight is 332 g/mol. The first-order valence-electron chi connectivity index (χ1n) is 7.01. The number of thiophene rings is 1. The number of hydrogen-bond acceptors (Lipinski definition) is 5. The monoisotopic (exact) mass is 332 g/mol. The van der Waals surface area contributed by atoms with Gasteiger partial charge in [0.05, 0.1) is 4.90 Å². The highest BCUT2D eigenvalue weighted by Gasteiger charge is 2.32. The molecule has 8 heteroatoms. The van der Waals surface area contributed by atoms with Gasteiger partial charge in [0.25, 0.3) is 0 Å². The molecule has 1 aromatic rings. The van der Waals surface area contributed by atoms with Crippen LogP contribution in [0.4, 0.5) is 0 Å². The minimum absolute atomic E-state index is 0.00984. The summed E-state index contributed by atoms with van der Waals surface area (Å²) in [5.74, 6) is -1.09. The second-order valence-electron chi connectivity index (χ2n) is 5.05. The van der Waals surface area contributed by atoms with Crippen LogP contribution in [0.2, 0.25) is 0 Å². The van der Waals surface area contributed by atoms with Crippen molar-refractivity contribution in [1.29, 1.82) is 0 Å². The second kappa shape index (κ2) is 6.87. The third-order valence-electron chi connectivity index (χ3n) is 3.55. The topological polar surface area (TPSA) is 86.7 Å². The molecule has 2 heterocycles. The van der Waals surface area contributed by atoms with E-state index in [4.69, 9.17) is 5.11 Å². The maximum Gasteiger partial charge on any atom is 0.345 e. The van der Waals surface area contributed by atoms with Gasteiger partial charge in [-0.15, -0.1) is 11.3 Å². The van der Waals surface area contributed by atoms with Crippen LogP contribution in [0.1, 0.15) is 35.9 Å². The normalized spacial score (nSPS) is 17.2. The molecule has 1 fully saturated rings. The number of piperidine rings is 1. The van der Waals surface area contributed by atoms with Crippen molar-refractivity contribution in [3.05, 3.63) is 16.3 Å². The van der Waals surface area contributed by atoms with Crippen molar-refractivity contribution in [2.45, 2.75) is 37.1 Å². The van der Waals surface area contributed by atoms with Gasteiger partial charge in [-0.25, -0.2) is 13.2 Å². The molecule has 0 aliphatic carbocycles. The maximum absolute atomic E-state index is 12.8. The van der Waals surface area contributed by atoms with Crippen LogP contribution in [0, 0.1) is 0 Å². The first-order valence-corrected chi connectivity index (χ1v) is 9.33. The summed E-state index contributed by atoms with van der Waals surface area (Å²) >= 11 is 0.949. The number of nitrogens with zero attached hydrogens (tertiary/aromatic N) is 1. The Morgan fingerprint density at radius 2 is 2.14 bits per heavy atom. The van der Waals surface area contributed by atoms with Gasteiger partial charge in [-0.2, -0.15) is 4.31 Å². The molecule has 6 nitrogen and oxygen atoms in total. The van der Waals surface area contributed by atoms with Crippen LogP contribution in [0.5, 0.6) is 0 Å². The van der Waals surface area contributed by atoms with E-state index in [0.29, 0.717) is 6.54 Å². The quantitative estimate of drug-likeness (QED) is 0.826. The molecule has 0 aromatic carbocycles. The Labute approximate surface area is 128 Å². The first kappa shape index (κ1) is 16.4. The van der Waals surface area contributed by atoms with Crippen LogP contribution in [-0.4, -0.2) is 49.5 Å². The fourth-order valence-corrected chi connectivity index (χ4v) is 5.39. The van der Waals surface area contributed by atoms with Crippen molar-refractivity contribution in [3.8, 4) is 0 Å². The van der Waals surface area contributed by atoms with Crippen LogP contribution in [0.3, 0.4) is 0 Å². The summed E-state index contributed by atoms with van der Waals surface area (Å²) < 4.78 is 27.1. The van der Waals surface area contributed by atoms with Crippen molar-refractivity contribution in [1.82, 2.24) is 9.62 Å². The lowest BCUT2D eigenvalue weighted by molar-refractivity contribution is 0.0702. The summed E-state index contributed by atoms with van der Waals surface area (Å²) in [6, 6.07) is 1.25. The number of rotatable bonds is 6. The third-order valence-corrected chi connectivity index (χ3v) is 6.55. The number of sulfonamides is 1. The van der Waals surface area contributed by atoms with Gasteiger partial charge in [0.15, 0.2) is 0 Å². The van der Waals surface area contributed by atoms with E-state index in [2.05, 4.69) is 5.32 Å². The zero-order chi connectivity index (χ0) is 15.5. The molecule has 1 aliphatic heterocycles. The summed E-state index contributed by atoms with van der Waals surface area (Å²) in [5, 5.41) is 13.6. The molecule has 0 spiro atoms. The summed E-state index contributed by atoms with van der Waals surface area (Å²) in [4.78, 5) is 11.1. The highest BCUT2D eigenvalue weighted by atomic mass is 32.2. The number of aromatic carboxylic acids is 1. The standard InChI is InChI=1S/C13H20N2O4S2/c1-2-7-15(10-3-5-14-6-4-10)21(18,19)11-8-12(13(16)17)20-9-11/h8-10,14H,2-7H2,1H3,(H,16,17). The largest absolute Gasteiger partial charge is 0.477 e. The van der Waals surface area contributed by atoms with E-state index in [1.165, 1.54) is 11.4 Å². The number of nitrogens with one attached hydrogen (secondary N) is 1. The highest BCUT2D eigenvalue weighted by molar-refractivity contribution is 7.89. The molecule has 2 N–H and O–H groups in total. The van der Waals surface area contributed by atoms with Crippen molar-refractivity contribution in [3.63, 3.8) is 0 Å². The minimum Gasteiger partial charge on any atom is -0.477 e. The lowest BCUT2D eigenvalue weighted by Crippen LogP contribution is -2.46. The van der Waals surface area contributed by atoms with Gasteiger partial charge < -0.3 is 10.4 Å². The Morgan fingerprint density at radius 1 is 1.48 bits per heavy atom. The van der Waals surface area contributed by atoms with Crippen molar-refractivity contribution in [2.75, 3.05) is 19.6 Å². The van der Waals surface area contributed by atoms with Crippen molar-refractivity contribution < 1.29 is 18.3 Å². The molecule has 0 saturated carbocycles. The van der Waals surface area contributed by atoms with Gasteiger partial charge >= 0.3 is 5.97 Å². The maximum atomic E-state index is 12.8. The van der Waals surface area contributed by atoms with Crippen LogP contribution in [0.25, 0.3) is 0 Å². The van der Waals surface area contributed by atoms with E-state index >= 15 is 0 Å². The molecule has 1 aromatic heterocycles. The summed E-state index contributed by atoms with van der Waals surface area (Å²) in [7, 11) is -3.62. The number of hydrogen-bond donors (Lipinski definition) is 2. The lowest BCUT2D eigenvalue weighted by Gasteiger charge is -2.33. The van der Waals surface area contributed by atoms with E-state index in [1.807, 2.05) is 6.92 Å². The molecule has 21 heavy (non-hydrogen) atoms. The molecule has 1 aliphatic rings. The van der Waals surface area contributed by atoms with Crippen LogP contribution >= 0.6 is 11.3 Å². The smallest absolute Gasteiger partial charge is 0.345 e. The summed E-state index contributed by atoms with van der Waals surface area (Å²) in [6.07, 6.45) is 2.31. The molecule has 1 saturated heterocycles. The molecule has 0 bridgehead atoms. The molecule has 2 rings (SSSR count). The average Bonchev–Trinajstić information content (AvgIpc) is 2.96. The number of carbonyl (C=O) groups is 1. The Balaban J connectivity index is 2.29. The minimum atomic E-state index is -3.62. The summed E-state index contributed by atoms with van der Waals surface area (Å²) in [5.41, 5.74) is 0. The van der Waals surface area contributed by atoms with Crippen molar-refractivity contribution >= 4 is 27.3 Å². The Morgan fingerprint density at radius 3 is 2.67 bits per heavy atom. The van der Waals surface area contributed by atoms with Gasteiger partial charge in [0, 0.05) is 18.0 Å². The van der Waals surface area contributed by atoms with Gasteiger partial charge in [-0.3, -0.25) is 0 Å². The Bertz CT molecular complexity index is 591. The summed E-state index contributed by atoms with van der Waals surface area (Å²) in [6.45, 7) is 4.03. The van der Waals surface area contributed by atoms with Gasteiger partial charge in [0.1, 0.15) is 4.88 Å². The van der Waals surface area contributed by atoms with E-state index in [0.717, 1.165) is 43.7 Å². The second-order valence-corrected chi connectivity index (χ2v) is 7.85. The van der Waals surface area contributed by atoms with Crippen LogP contribution < -0.4 is 5.32 Å². The fraction of sp³-hybridized carbons (Fsp3) is 0.615. The third kappa shape index (κ3) is 3.63. The first-order chi connectivity index (χ1) is 9.96. The van der Waals surface area contributed by atoms with Crippen LogP contribution in [0.15, 0.2) is 16.3 Å². The van der Waals surface area contributed by atoms with Crippen LogP contribution in [-0.2, 0) is 10.0 Å². The molecule has 0 atom stereocenters. The SMILES string of the molecule is CCCN(C1CCNCC1)S(=O)(=O)c1csc(C(=O)O)c1. The van der Waals surface area contributed by atoms with E-state index < -0.39 is 16.0 Å². The van der Waals surface area contributed by atoms with Crippen molar-refractivity contribution in [2.24, 2.45) is 0 Å². The molecule has 0 amide bonds. The molecule has 0 unspecified atom stereocenters. The fourth-order valence-electron chi connectivity index (χ4n) is 2.52. The highest BCUT2D eigenvalue weighted by Crippen LogP contribution is 2.26. The molecule has 118 valence electrons. The molecular formula is C13H20N2O4S2. The van der Waals surface area contributed by atoms with Gasteiger partial charge in [-0.1, -0.05) is 6.92 Å². The Kier molecular flexibility index (Phi) is 5.37. The molecular weight excluding hydrogens is 312 g/mol. The van der Waals surface area contributed by atoms with Gasteiger partial charge in [0.2, 0.25) is 10.0 Å². The zero-order valence-electron chi connectivity index (χ0n) is 11.9. The predicted molar refractivity (Wildman–Crippen MR) is 81.4 cm³/mol. The predicted octanol–water partition coefficient (Wildman–Crippen LogP) is 1.60.